The lowest BCUT2D eigenvalue weighted by molar-refractivity contribution is 0.317. The molecule has 2 N–H and O–H groups in total. The molecule has 5 heteroatoms. The molecule has 0 aliphatic heterocycles. The highest BCUT2D eigenvalue weighted by atomic mass is 16.5. The zero-order valence-corrected chi connectivity index (χ0v) is 12.5. The van der Waals surface area contributed by atoms with Crippen molar-refractivity contribution >= 4 is 16.6 Å². The molecule has 0 aliphatic rings. The first-order valence-electron chi connectivity index (χ1n) is 7.52. The van der Waals surface area contributed by atoms with E-state index in [1.54, 1.807) is 6.20 Å². The van der Waals surface area contributed by atoms with Crippen LogP contribution in [0.25, 0.3) is 27.8 Å². The summed E-state index contributed by atoms with van der Waals surface area (Å²) in [5.74, 6) is 0.559. The molecule has 0 saturated carbocycles. The van der Waals surface area contributed by atoms with Gasteiger partial charge >= 0.3 is 0 Å². The van der Waals surface area contributed by atoms with Gasteiger partial charge in [-0.2, -0.15) is 0 Å². The van der Waals surface area contributed by atoms with Crippen molar-refractivity contribution in [3.63, 3.8) is 0 Å². The molecule has 0 saturated heterocycles. The van der Waals surface area contributed by atoms with Crippen LogP contribution in [-0.2, 0) is 0 Å². The third kappa shape index (κ3) is 2.31. The van der Waals surface area contributed by atoms with Gasteiger partial charge in [0, 0.05) is 18.9 Å². The van der Waals surface area contributed by atoms with Gasteiger partial charge in [-0.15, -0.1) is 0 Å². The van der Waals surface area contributed by atoms with Gasteiger partial charge in [-0.25, -0.2) is 9.97 Å². The zero-order chi connectivity index (χ0) is 15.6. The van der Waals surface area contributed by atoms with Crippen LogP contribution in [0, 0.1) is 0 Å². The summed E-state index contributed by atoms with van der Waals surface area (Å²) >= 11 is 0. The first-order valence-corrected chi connectivity index (χ1v) is 7.52. The zero-order valence-electron chi connectivity index (χ0n) is 12.5. The first kappa shape index (κ1) is 13.7. The van der Waals surface area contributed by atoms with Crippen molar-refractivity contribution in [3.05, 3.63) is 60.9 Å². The summed E-state index contributed by atoms with van der Waals surface area (Å²) in [6.07, 6.45) is 3.76. The molecule has 0 radical (unpaired) electrons. The van der Waals surface area contributed by atoms with Crippen molar-refractivity contribution in [2.24, 2.45) is 5.73 Å². The highest BCUT2D eigenvalue weighted by molar-refractivity contribution is 5.88. The Kier molecular flexibility index (Phi) is 3.40. The maximum absolute atomic E-state index is 5.69. The number of aromatic nitrogens is 3. The van der Waals surface area contributed by atoms with E-state index in [0.29, 0.717) is 19.0 Å². The topological polar surface area (TPSA) is 65.4 Å². The fourth-order valence-electron chi connectivity index (χ4n) is 2.76. The predicted molar refractivity (Wildman–Crippen MR) is 90.5 cm³/mol. The van der Waals surface area contributed by atoms with Gasteiger partial charge in [0.05, 0.1) is 22.1 Å². The van der Waals surface area contributed by atoms with Crippen LogP contribution in [0.3, 0.4) is 0 Å². The average molecular weight is 304 g/mol. The van der Waals surface area contributed by atoms with Crippen LogP contribution in [0.15, 0.2) is 60.9 Å². The van der Waals surface area contributed by atoms with E-state index in [0.717, 1.165) is 27.8 Å². The van der Waals surface area contributed by atoms with E-state index in [2.05, 4.69) is 21.5 Å². The summed E-state index contributed by atoms with van der Waals surface area (Å²) in [5, 5.41) is 0. The summed E-state index contributed by atoms with van der Waals surface area (Å²) in [6.45, 7) is 0.872. The molecular weight excluding hydrogens is 288 g/mol. The van der Waals surface area contributed by atoms with Crippen molar-refractivity contribution in [2.75, 3.05) is 13.2 Å². The van der Waals surface area contributed by atoms with Crippen LogP contribution < -0.4 is 10.5 Å². The SMILES string of the molecule is NCCOc1ncccc1-c1nc2ccccc2n2cccc12. The Morgan fingerprint density at radius 1 is 1.00 bits per heavy atom. The van der Waals surface area contributed by atoms with E-state index in [4.69, 9.17) is 15.5 Å². The predicted octanol–water partition coefficient (Wildman–Crippen LogP) is 2.89. The molecule has 3 aromatic heterocycles. The third-order valence-corrected chi connectivity index (χ3v) is 3.75. The highest BCUT2D eigenvalue weighted by Gasteiger charge is 2.14. The summed E-state index contributed by atoms with van der Waals surface area (Å²) in [4.78, 5) is 9.18. The summed E-state index contributed by atoms with van der Waals surface area (Å²) in [6, 6.07) is 16.0. The Hall–Kier alpha value is -2.92. The molecule has 4 aromatic rings. The second-order valence-corrected chi connectivity index (χ2v) is 5.21. The molecule has 0 spiro atoms. The van der Waals surface area contributed by atoms with Crippen molar-refractivity contribution < 1.29 is 4.74 Å². The van der Waals surface area contributed by atoms with Crippen molar-refractivity contribution in [1.82, 2.24) is 14.4 Å². The van der Waals surface area contributed by atoms with Gasteiger partial charge in [-0.05, 0) is 36.4 Å². The van der Waals surface area contributed by atoms with E-state index in [1.165, 1.54) is 0 Å². The number of hydrogen-bond acceptors (Lipinski definition) is 4. The maximum atomic E-state index is 5.69. The highest BCUT2D eigenvalue weighted by Crippen LogP contribution is 2.32. The number of benzene rings is 1. The molecule has 1 aromatic carbocycles. The number of pyridine rings is 1. The minimum Gasteiger partial charge on any atom is -0.476 e. The van der Waals surface area contributed by atoms with E-state index in [-0.39, 0.29) is 0 Å². The van der Waals surface area contributed by atoms with Gasteiger partial charge in [0.1, 0.15) is 12.3 Å². The summed E-state index contributed by atoms with van der Waals surface area (Å²) < 4.78 is 7.83. The maximum Gasteiger partial charge on any atom is 0.223 e. The van der Waals surface area contributed by atoms with E-state index in [1.807, 2.05) is 42.6 Å². The summed E-state index contributed by atoms with van der Waals surface area (Å²) in [7, 11) is 0. The molecule has 23 heavy (non-hydrogen) atoms. The Balaban J connectivity index is 2.00. The quantitative estimate of drug-likeness (QED) is 0.629. The molecule has 0 amide bonds. The number of fused-ring (bicyclic) bond motifs is 3. The molecule has 0 unspecified atom stereocenters. The smallest absolute Gasteiger partial charge is 0.223 e. The van der Waals surface area contributed by atoms with Crippen molar-refractivity contribution in [2.45, 2.75) is 0 Å². The van der Waals surface area contributed by atoms with Crippen LogP contribution in [0.4, 0.5) is 0 Å². The Labute approximate surface area is 133 Å². The van der Waals surface area contributed by atoms with Crippen LogP contribution in [-0.4, -0.2) is 27.5 Å². The van der Waals surface area contributed by atoms with Crippen LogP contribution in [0.1, 0.15) is 0 Å². The van der Waals surface area contributed by atoms with Gasteiger partial charge in [-0.3, -0.25) is 0 Å². The number of para-hydroxylation sites is 2. The van der Waals surface area contributed by atoms with Gasteiger partial charge in [0.2, 0.25) is 5.88 Å². The first-order chi connectivity index (χ1) is 11.4. The fraction of sp³-hybridized carbons (Fsp3) is 0.111. The van der Waals surface area contributed by atoms with E-state index < -0.39 is 0 Å². The van der Waals surface area contributed by atoms with Gasteiger partial charge in [-0.1, -0.05) is 12.1 Å². The third-order valence-electron chi connectivity index (χ3n) is 3.75. The molecule has 0 bridgehead atoms. The number of nitrogens with two attached hydrogens (primary N) is 1. The second-order valence-electron chi connectivity index (χ2n) is 5.21. The van der Waals surface area contributed by atoms with Gasteiger partial charge in [0.15, 0.2) is 0 Å². The normalized spacial score (nSPS) is 11.2. The van der Waals surface area contributed by atoms with Gasteiger partial charge in [0.25, 0.3) is 0 Å². The molecule has 4 rings (SSSR count). The minimum atomic E-state index is 0.425. The lowest BCUT2D eigenvalue weighted by Crippen LogP contribution is -2.12. The second kappa shape index (κ2) is 5.70. The molecule has 0 fully saturated rings. The minimum absolute atomic E-state index is 0.425. The van der Waals surface area contributed by atoms with Crippen LogP contribution in [0.2, 0.25) is 0 Å². The monoisotopic (exact) mass is 304 g/mol. The molecule has 0 aliphatic carbocycles. The Bertz CT molecular complexity index is 977. The van der Waals surface area contributed by atoms with Crippen LogP contribution >= 0.6 is 0 Å². The number of ether oxygens (including phenoxy) is 1. The number of rotatable bonds is 4. The Morgan fingerprint density at radius 3 is 2.78 bits per heavy atom. The average Bonchev–Trinajstić information content (AvgIpc) is 3.09. The lowest BCUT2D eigenvalue weighted by atomic mass is 10.1. The van der Waals surface area contributed by atoms with E-state index >= 15 is 0 Å². The number of nitrogens with zero attached hydrogens (tertiary/aromatic N) is 3. The largest absolute Gasteiger partial charge is 0.476 e. The van der Waals surface area contributed by atoms with Crippen LogP contribution in [0.5, 0.6) is 5.88 Å². The fourth-order valence-corrected chi connectivity index (χ4v) is 2.76. The van der Waals surface area contributed by atoms with Crippen molar-refractivity contribution in [1.29, 1.82) is 0 Å². The Morgan fingerprint density at radius 2 is 1.87 bits per heavy atom. The molecule has 5 nitrogen and oxygen atoms in total. The van der Waals surface area contributed by atoms with Gasteiger partial charge < -0.3 is 14.9 Å². The summed E-state index contributed by atoms with van der Waals surface area (Å²) in [5.41, 5.74) is 10.3. The van der Waals surface area contributed by atoms with Crippen molar-refractivity contribution in [3.8, 4) is 17.1 Å². The standard InChI is InChI=1S/C18H16N4O/c19-9-12-23-18-13(5-3-10-20-18)17-16-8-4-11-22(16)15-7-2-1-6-14(15)21-17/h1-8,10-11H,9,12,19H2. The number of hydrogen-bond donors (Lipinski definition) is 1. The molecule has 3 heterocycles. The lowest BCUT2D eigenvalue weighted by Gasteiger charge is -2.12. The molecule has 114 valence electrons. The molecule has 0 atom stereocenters. The van der Waals surface area contributed by atoms with E-state index in [9.17, 15) is 0 Å². The molecular formula is C18H16N4O.